The summed E-state index contributed by atoms with van der Waals surface area (Å²) in [6.07, 6.45) is 0. The molecule has 0 heterocycles. The third-order valence-corrected chi connectivity index (χ3v) is 0. The molecule has 1 N–H and O–H groups in total. The first-order valence-electron chi connectivity index (χ1n) is 1.14. The Kier molecular flexibility index (Phi) is 34.9. The zero-order valence-corrected chi connectivity index (χ0v) is 7.57. The van der Waals surface area contributed by atoms with E-state index < -0.39 is 0 Å². The van der Waals surface area contributed by atoms with Crippen LogP contribution in [0.4, 0.5) is 0 Å². The van der Waals surface area contributed by atoms with Gasteiger partial charge in [-0.3, -0.25) is 0 Å². The molecule has 0 aliphatic rings. The summed E-state index contributed by atoms with van der Waals surface area (Å²) in [6.45, 7) is 0. The quantitative estimate of drug-likeness (QED) is 0.670. The maximum absolute atomic E-state index is 2.75. The second-order valence-electron chi connectivity index (χ2n) is 0.500. The van der Waals surface area contributed by atoms with Crippen LogP contribution in [0.2, 0.25) is 0 Å². The summed E-state index contributed by atoms with van der Waals surface area (Å²) in [6, 6.07) is 0. The molecule has 0 saturated heterocycles. The van der Waals surface area contributed by atoms with Gasteiger partial charge in [0, 0.05) is 37.2 Å². The zero-order chi connectivity index (χ0) is 4.71. The molecule has 34 valence electrons. The second kappa shape index (κ2) is 18.1. The van der Waals surface area contributed by atoms with Crippen molar-refractivity contribution in [1.82, 2.24) is 5.32 Å². The third-order valence-electron chi connectivity index (χ3n) is 0. The largest absolute Gasteiger partial charge is 0.323 e. The van der Waals surface area contributed by atoms with Crippen LogP contribution >= 0.6 is 37.2 Å². The normalized spacial score (nSPS) is 4.80. The monoisotopic (exact) mass is 299 g/mol. The van der Waals surface area contributed by atoms with E-state index in [2.05, 4.69) is 42.5 Å². The summed E-state index contributed by atoms with van der Waals surface area (Å²) in [7, 11) is 3.75. The SMILES string of the molecule is CNC.II. The summed E-state index contributed by atoms with van der Waals surface area (Å²) >= 11 is 4.24. The van der Waals surface area contributed by atoms with Crippen molar-refractivity contribution in [3.8, 4) is 0 Å². The van der Waals surface area contributed by atoms with Crippen molar-refractivity contribution in [2.75, 3.05) is 14.1 Å². The van der Waals surface area contributed by atoms with Crippen molar-refractivity contribution in [3.05, 3.63) is 0 Å². The Morgan fingerprint density at radius 2 is 1.20 bits per heavy atom. The molecule has 3 heteroatoms. The highest BCUT2D eigenvalue weighted by Crippen LogP contribution is 1.89. The predicted molar refractivity (Wildman–Crippen MR) is 43.0 cm³/mol. The Hall–Kier alpha value is 1.42. The van der Waals surface area contributed by atoms with Gasteiger partial charge in [0.25, 0.3) is 0 Å². The average Bonchev–Trinajstić information content (AvgIpc) is 1.46. The van der Waals surface area contributed by atoms with Gasteiger partial charge in [-0.15, -0.1) is 0 Å². The van der Waals surface area contributed by atoms with Crippen LogP contribution in [0.15, 0.2) is 0 Å². The zero-order valence-electron chi connectivity index (χ0n) is 3.26. The smallest absolute Gasteiger partial charge is 0 e. The highest BCUT2D eigenvalue weighted by atomic mass is 128. The van der Waals surface area contributed by atoms with Crippen LogP contribution in [0.1, 0.15) is 0 Å². The molecule has 0 aromatic carbocycles. The summed E-state index contributed by atoms with van der Waals surface area (Å²) in [5.74, 6) is 0. The van der Waals surface area contributed by atoms with Gasteiger partial charge in [0.2, 0.25) is 0 Å². The summed E-state index contributed by atoms with van der Waals surface area (Å²) in [5.41, 5.74) is 0. The van der Waals surface area contributed by atoms with Crippen LogP contribution in [-0.2, 0) is 0 Å². The Bertz CT molecular complexity index is 7.61. The molecular weight excluding hydrogens is 292 g/mol. The van der Waals surface area contributed by atoms with Gasteiger partial charge >= 0.3 is 0 Å². The predicted octanol–water partition coefficient (Wildman–Crippen LogP) is 1.61. The maximum Gasteiger partial charge on any atom is 0 e. The highest BCUT2D eigenvalue weighted by Gasteiger charge is 1.25. The number of nitrogens with one attached hydrogen (secondary N) is 1. The number of rotatable bonds is 0. The van der Waals surface area contributed by atoms with Crippen molar-refractivity contribution in [2.45, 2.75) is 0 Å². The van der Waals surface area contributed by atoms with Crippen molar-refractivity contribution in [1.29, 1.82) is 0 Å². The fraction of sp³-hybridized carbons (Fsp3) is 1.00. The lowest BCUT2D eigenvalue weighted by atomic mass is 11.3. The van der Waals surface area contributed by atoms with Gasteiger partial charge in [0.1, 0.15) is 0 Å². The third kappa shape index (κ3) is 31.4. The first kappa shape index (κ1) is 9.65. The molecule has 0 aliphatic carbocycles. The molecule has 5 heavy (non-hydrogen) atoms. The van der Waals surface area contributed by atoms with E-state index in [0.717, 1.165) is 0 Å². The molecule has 0 aliphatic heterocycles. The minimum Gasteiger partial charge on any atom is -0.323 e. The van der Waals surface area contributed by atoms with E-state index in [1.807, 2.05) is 14.1 Å². The highest BCUT2D eigenvalue weighted by molar-refractivity contribution is 15.0. The van der Waals surface area contributed by atoms with Crippen LogP contribution in [-0.4, -0.2) is 14.1 Å². The first-order chi connectivity index (χ1) is 2.41. The molecule has 0 fully saturated rings. The molecule has 0 saturated carbocycles. The molecule has 0 spiro atoms. The van der Waals surface area contributed by atoms with Gasteiger partial charge in [0.05, 0.1) is 0 Å². The van der Waals surface area contributed by atoms with E-state index >= 15 is 0 Å². The summed E-state index contributed by atoms with van der Waals surface area (Å²) in [4.78, 5) is 0. The topological polar surface area (TPSA) is 12.0 Å². The molecular formula is C2H7I2N. The molecule has 0 radical (unpaired) electrons. The Balaban J connectivity index is 0. The lowest BCUT2D eigenvalue weighted by Gasteiger charge is -1.59. The maximum atomic E-state index is 2.75. The van der Waals surface area contributed by atoms with E-state index in [1.54, 1.807) is 0 Å². The van der Waals surface area contributed by atoms with Gasteiger partial charge in [0.15, 0.2) is 0 Å². The van der Waals surface area contributed by atoms with Gasteiger partial charge in [-0.05, 0) is 14.1 Å². The van der Waals surface area contributed by atoms with Crippen LogP contribution < -0.4 is 5.32 Å². The second-order valence-corrected chi connectivity index (χ2v) is 0.500. The molecule has 0 amide bonds. The van der Waals surface area contributed by atoms with E-state index in [1.165, 1.54) is 0 Å². The lowest BCUT2D eigenvalue weighted by molar-refractivity contribution is 1.02. The molecule has 0 aromatic rings. The Morgan fingerprint density at radius 3 is 1.20 bits per heavy atom. The van der Waals surface area contributed by atoms with Crippen molar-refractivity contribution < 1.29 is 0 Å². The van der Waals surface area contributed by atoms with Crippen molar-refractivity contribution in [2.24, 2.45) is 0 Å². The summed E-state index contributed by atoms with van der Waals surface area (Å²) < 4.78 is 0. The minimum absolute atomic E-state index is 1.88. The van der Waals surface area contributed by atoms with E-state index in [4.69, 9.17) is 0 Å². The van der Waals surface area contributed by atoms with E-state index in [9.17, 15) is 0 Å². The fourth-order valence-electron chi connectivity index (χ4n) is 0. The van der Waals surface area contributed by atoms with Crippen LogP contribution in [0.5, 0.6) is 0 Å². The number of hydrogen-bond donors (Lipinski definition) is 1. The number of halogens is 2. The molecule has 0 bridgehead atoms. The van der Waals surface area contributed by atoms with E-state index in [0.29, 0.717) is 0 Å². The van der Waals surface area contributed by atoms with Gasteiger partial charge in [-0.25, -0.2) is 0 Å². The minimum atomic E-state index is 1.88. The Labute approximate surface area is 56.2 Å². The summed E-state index contributed by atoms with van der Waals surface area (Å²) in [5, 5.41) is 2.75. The Morgan fingerprint density at radius 1 is 1.20 bits per heavy atom. The molecule has 0 unspecified atom stereocenters. The standard InChI is InChI=1S/C2H7N.I2/c1-3-2;1-2/h3H,1-2H3;. The van der Waals surface area contributed by atoms with Gasteiger partial charge in [-0.2, -0.15) is 0 Å². The molecule has 0 atom stereocenters. The van der Waals surface area contributed by atoms with Crippen molar-refractivity contribution >= 4 is 37.2 Å². The van der Waals surface area contributed by atoms with Crippen LogP contribution in [0, 0.1) is 0 Å². The number of hydrogen-bond acceptors (Lipinski definition) is 1. The lowest BCUT2D eigenvalue weighted by Crippen LogP contribution is -1.89. The fourth-order valence-corrected chi connectivity index (χ4v) is 0. The van der Waals surface area contributed by atoms with Gasteiger partial charge < -0.3 is 5.32 Å². The van der Waals surface area contributed by atoms with Crippen molar-refractivity contribution in [3.63, 3.8) is 0 Å². The average molecular weight is 299 g/mol. The first-order valence-corrected chi connectivity index (χ1v) is 7.43. The van der Waals surface area contributed by atoms with Crippen LogP contribution in [0.3, 0.4) is 0 Å². The van der Waals surface area contributed by atoms with E-state index in [-0.39, 0.29) is 0 Å². The molecule has 0 aromatic heterocycles. The molecule has 1 nitrogen and oxygen atoms in total. The molecule has 0 rings (SSSR count). The van der Waals surface area contributed by atoms with Gasteiger partial charge in [-0.1, -0.05) is 0 Å². The van der Waals surface area contributed by atoms with Crippen LogP contribution in [0.25, 0.3) is 0 Å².